The Balaban J connectivity index is 1.83. The van der Waals surface area contributed by atoms with Crippen LogP contribution in [0.3, 0.4) is 0 Å². The van der Waals surface area contributed by atoms with Gasteiger partial charge in [-0.2, -0.15) is 0 Å². The van der Waals surface area contributed by atoms with Crippen LogP contribution in [0, 0.1) is 5.92 Å². The topological polar surface area (TPSA) is 38.5 Å². The van der Waals surface area contributed by atoms with Gasteiger partial charge in [-0.15, -0.1) is 0 Å². The Morgan fingerprint density at radius 3 is 2.40 bits per heavy atom. The van der Waals surface area contributed by atoms with Crippen molar-refractivity contribution in [3.05, 3.63) is 29.8 Å². The standard InChI is InChI=1S/C17H28N2O/c1-3-14-9-11-19(12-10-14)13-17(18)15-5-7-16(8-6-15)20-4-2/h5-8,14,17H,3-4,9-13,18H2,1-2H3. The van der Waals surface area contributed by atoms with Gasteiger partial charge in [0, 0.05) is 12.6 Å². The summed E-state index contributed by atoms with van der Waals surface area (Å²) in [5.74, 6) is 1.85. The van der Waals surface area contributed by atoms with Crippen molar-refractivity contribution >= 4 is 0 Å². The van der Waals surface area contributed by atoms with E-state index < -0.39 is 0 Å². The van der Waals surface area contributed by atoms with Crippen molar-refractivity contribution in [3.8, 4) is 5.75 Å². The molecule has 0 radical (unpaired) electrons. The van der Waals surface area contributed by atoms with E-state index in [9.17, 15) is 0 Å². The van der Waals surface area contributed by atoms with Crippen LogP contribution in [0.25, 0.3) is 0 Å². The fraction of sp³-hybridized carbons (Fsp3) is 0.647. The molecule has 3 heteroatoms. The minimum atomic E-state index is 0.101. The van der Waals surface area contributed by atoms with Crippen molar-refractivity contribution in [3.63, 3.8) is 0 Å². The lowest BCUT2D eigenvalue weighted by Gasteiger charge is -2.33. The van der Waals surface area contributed by atoms with Gasteiger partial charge in [0.05, 0.1) is 6.61 Å². The largest absolute Gasteiger partial charge is 0.494 e. The summed E-state index contributed by atoms with van der Waals surface area (Å²) in [5.41, 5.74) is 7.53. The number of ether oxygens (including phenoxy) is 1. The van der Waals surface area contributed by atoms with Crippen molar-refractivity contribution in [2.45, 2.75) is 39.2 Å². The molecule has 0 bridgehead atoms. The van der Waals surface area contributed by atoms with Crippen molar-refractivity contribution < 1.29 is 4.74 Å². The zero-order valence-electron chi connectivity index (χ0n) is 12.8. The Hall–Kier alpha value is -1.06. The third-order valence-electron chi connectivity index (χ3n) is 4.36. The highest BCUT2D eigenvalue weighted by molar-refractivity contribution is 5.29. The number of nitrogens with zero attached hydrogens (tertiary/aromatic N) is 1. The van der Waals surface area contributed by atoms with Crippen LogP contribution >= 0.6 is 0 Å². The van der Waals surface area contributed by atoms with E-state index in [1.165, 1.54) is 37.9 Å². The lowest BCUT2D eigenvalue weighted by atomic mass is 9.94. The predicted octanol–water partition coefficient (Wildman–Crippen LogP) is 3.21. The summed E-state index contributed by atoms with van der Waals surface area (Å²) in [6, 6.07) is 8.32. The second-order valence-corrected chi connectivity index (χ2v) is 5.76. The number of hydrogen-bond donors (Lipinski definition) is 1. The number of rotatable bonds is 6. The molecule has 1 aliphatic heterocycles. The Morgan fingerprint density at radius 1 is 1.20 bits per heavy atom. The summed E-state index contributed by atoms with van der Waals surface area (Å²) in [4.78, 5) is 2.51. The highest BCUT2D eigenvalue weighted by atomic mass is 16.5. The molecule has 20 heavy (non-hydrogen) atoms. The molecule has 0 aromatic heterocycles. The average molecular weight is 276 g/mol. The molecule has 0 spiro atoms. The molecule has 1 aromatic rings. The summed E-state index contributed by atoms with van der Waals surface area (Å²) in [6.45, 7) is 8.36. The molecule has 1 aromatic carbocycles. The predicted molar refractivity (Wildman–Crippen MR) is 84.0 cm³/mol. The summed E-state index contributed by atoms with van der Waals surface area (Å²) >= 11 is 0. The van der Waals surface area contributed by atoms with E-state index in [1.807, 2.05) is 19.1 Å². The van der Waals surface area contributed by atoms with E-state index in [1.54, 1.807) is 0 Å². The maximum Gasteiger partial charge on any atom is 0.119 e. The Kier molecular flexibility index (Phi) is 5.86. The van der Waals surface area contributed by atoms with Gasteiger partial charge >= 0.3 is 0 Å². The number of piperidine rings is 1. The van der Waals surface area contributed by atoms with E-state index in [0.29, 0.717) is 6.61 Å². The Labute approximate surface area is 123 Å². The first-order valence-corrected chi connectivity index (χ1v) is 7.93. The second kappa shape index (κ2) is 7.65. The van der Waals surface area contributed by atoms with Crippen LogP contribution in [0.5, 0.6) is 5.75 Å². The monoisotopic (exact) mass is 276 g/mol. The maximum absolute atomic E-state index is 6.33. The number of benzene rings is 1. The van der Waals surface area contributed by atoms with Crippen molar-refractivity contribution in [2.75, 3.05) is 26.2 Å². The van der Waals surface area contributed by atoms with Gasteiger partial charge in [-0.05, 0) is 56.5 Å². The van der Waals surface area contributed by atoms with E-state index in [2.05, 4.69) is 24.0 Å². The van der Waals surface area contributed by atoms with Crippen molar-refractivity contribution in [1.29, 1.82) is 0 Å². The number of hydrogen-bond acceptors (Lipinski definition) is 3. The minimum absolute atomic E-state index is 0.101. The SMILES string of the molecule is CCOc1ccc(C(N)CN2CCC(CC)CC2)cc1. The van der Waals surface area contributed by atoms with E-state index in [-0.39, 0.29) is 6.04 Å². The number of likely N-dealkylation sites (tertiary alicyclic amines) is 1. The van der Waals surface area contributed by atoms with Crippen LogP contribution < -0.4 is 10.5 Å². The Morgan fingerprint density at radius 2 is 1.85 bits per heavy atom. The molecule has 1 unspecified atom stereocenters. The van der Waals surface area contributed by atoms with Crippen LogP contribution in [-0.2, 0) is 0 Å². The molecule has 3 nitrogen and oxygen atoms in total. The van der Waals surface area contributed by atoms with E-state index in [0.717, 1.165) is 18.2 Å². The highest BCUT2D eigenvalue weighted by Crippen LogP contribution is 2.22. The van der Waals surface area contributed by atoms with Gasteiger partial charge in [0.1, 0.15) is 5.75 Å². The van der Waals surface area contributed by atoms with Crippen LogP contribution in [0.1, 0.15) is 44.7 Å². The molecular formula is C17H28N2O. The van der Waals surface area contributed by atoms with E-state index >= 15 is 0 Å². The molecular weight excluding hydrogens is 248 g/mol. The third kappa shape index (κ3) is 4.22. The molecule has 1 heterocycles. The van der Waals surface area contributed by atoms with Crippen LogP contribution in [-0.4, -0.2) is 31.1 Å². The fourth-order valence-corrected chi connectivity index (χ4v) is 2.94. The molecule has 1 saturated heterocycles. The molecule has 1 fully saturated rings. The quantitative estimate of drug-likeness (QED) is 0.867. The van der Waals surface area contributed by atoms with Gasteiger partial charge in [-0.3, -0.25) is 0 Å². The maximum atomic E-state index is 6.33. The van der Waals surface area contributed by atoms with Crippen LogP contribution in [0.2, 0.25) is 0 Å². The van der Waals surface area contributed by atoms with E-state index in [4.69, 9.17) is 10.5 Å². The molecule has 0 saturated carbocycles. The zero-order chi connectivity index (χ0) is 14.4. The molecule has 2 N–H and O–H groups in total. The second-order valence-electron chi connectivity index (χ2n) is 5.76. The van der Waals surface area contributed by atoms with Gasteiger partial charge in [0.2, 0.25) is 0 Å². The van der Waals surface area contributed by atoms with Crippen LogP contribution in [0.15, 0.2) is 24.3 Å². The fourth-order valence-electron chi connectivity index (χ4n) is 2.94. The molecule has 0 aliphatic carbocycles. The molecule has 0 amide bonds. The van der Waals surface area contributed by atoms with Gasteiger partial charge in [0.25, 0.3) is 0 Å². The Bertz CT molecular complexity index is 382. The molecule has 1 aliphatic rings. The van der Waals surface area contributed by atoms with Crippen molar-refractivity contribution in [1.82, 2.24) is 4.90 Å². The molecule has 1 atom stereocenters. The third-order valence-corrected chi connectivity index (χ3v) is 4.36. The van der Waals surface area contributed by atoms with Gasteiger partial charge in [0.15, 0.2) is 0 Å². The minimum Gasteiger partial charge on any atom is -0.494 e. The van der Waals surface area contributed by atoms with Crippen molar-refractivity contribution in [2.24, 2.45) is 11.7 Å². The molecule has 2 rings (SSSR count). The zero-order valence-corrected chi connectivity index (χ0v) is 12.8. The van der Waals surface area contributed by atoms with Gasteiger partial charge in [-0.25, -0.2) is 0 Å². The lowest BCUT2D eigenvalue weighted by Crippen LogP contribution is -2.38. The average Bonchev–Trinajstić information content (AvgIpc) is 2.49. The molecule has 112 valence electrons. The van der Waals surface area contributed by atoms with Crippen LogP contribution in [0.4, 0.5) is 0 Å². The number of nitrogens with two attached hydrogens (primary N) is 1. The van der Waals surface area contributed by atoms with Gasteiger partial charge < -0.3 is 15.4 Å². The first-order chi connectivity index (χ1) is 9.72. The highest BCUT2D eigenvalue weighted by Gasteiger charge is 2.19. The summed E-state index contributed by atoms with van der Waals surface area (Å²) in [5, 5.41) is 0. The summed E-state index contributed by atoms with van der Waals surface area (Å²) < 4.78 is 5.46. The first-order valence-electron chi connectivity index (χ1n) is 7.93. The summed E-state index contributed by atoms with van der Waals surface area (Å²) in [7, 11) is 0. The van der Waals surface area contributed by atoms with Gasteiger partial charge in [-0.1, -0.05) is 25.5 Å². The lowest BCUT2D eigenvalue weighted by molar-refractivity contribution is 0.173. The normalized spacial score (nSPS) is 18.9. The first kappa shape index (κ1) is 15.3. The summed E-state index contributed by atoms with van der Waals surface area (Å²) in [6.07, 6.45) is 3.97. The smallest absolute Gasteiger partial charge is 0.119 e.